The summed E-state index contributed by atoms with van der Waals surface area (Å²) in [6.45, 7) is 0. The van der Waals surface area contributed by atoms with Crippen LogP contribution in [0, 0.1) is 5.82 Å². The molecule has 0 radical (unpaired) electrons. The summed E-state index contributed by atoms with van der Waals surface area (Å²) in [5.74, 6) is 5.10. The molecule has 0 aliphatic rings. The number of nitrogens with one attached hydrogen (secondary N) is 1. The number of hydrogen-bond acceptors (Lipinski definition) is 2. The van der Waals surface area contributed by atoms with Gasteiger partial charge in [0.2, 0.25) is 0 Å². The van der Waals surface area contributed by atoms with Crippen LogP contribution in [0.5, 0.6) is 0 Å². The molecule has 0 bridgehead atoms. The first-order valence-electron chi connectivity index (χ1n) is 5.29. The molecule has 0 saturated carbocycles. The van der Waals surface area contributed by atoms with Crippen LogP contribution in [0.3, 0.4) is 0 Å². The van der Waals surface area contributed by atoms with Gasteiger partial charge in [-0.15, -0.1) is 0 Å². The molecule has 1 atom stereocenters. The molecular weight excluding hydrogens is 274 g/mol. The molecule has 1 unspecified atom stereocenters. The molecule has 2 aromatic carbocycles. The topological polar surface area (TPSA) is 38.0 Å². The third kappa shape index (κ3) is 2.65. The number of hydrogen-bond donors (Lipinski definition) is 2. The second kappa shape index (κ2) is 5.67. The molecule has 0 fully saturated rings. The first kappa shape index (κ1) is 13.3. The van der Waals surface area contributed by atoms with Crippen molar-refractivity contribution in [1.29, 1.82) is 0 Å². The summed E-state index contributed by atoms with van der Waals surface area (Å²) < 4.78 is 13.8. The largest absolute Gasteiger partial charge is 0.271 e. The highest BCUT2D eigenvalue weighted by molar-refractivity contribution is 6.31. The van der Waals surface area contributed by atoms with E-state index in [4.69, 9.17) is 29.0 Å². The standard InChI is InChI=1S/C13H11Cl2FN2/c14-9-6-4-8(5-7-9)13(18-17)12-10(15)2-1-3-11(12)16/h1-7,13,18H,17H2. The summed E-state index contributed by atoms with van der Waals surface area (Å²) in [6.07, 6.45) is 0. The van der Waals surface area contributed by atoms with E-state index in [2.05, 4.69) is 5.43 Å². The Morgan fingerprint density at radius 2 is 1.72 bits per heavy atom. The van der Waals surface area contributed by atoms with Gasteiger partial charge in [0, 0.05) is 15.6 Å². The molecule has 0 aromatic heterocycles. The fourth-order valence-electron chi connectivity index (χ4n) is 1.79. The van der Waals surface area contributed by atoms with E-state index >= 15 is 0 Å². The minimum atomic E-state index is -0.518. The maximum atomic E-state index is 13.8. The van der Waals surface area contributed by atoms with Gasteiger partial charge in [0.1, 0.15) is 5.82 Å². The Kier molecular flexibility index (Phi) is 4.19. The molecule has 0 aliphatic heterocycles. The summed E-state index contributed by atoms with van der Waals surface area (Å²) in [5.41, 5.74) is 3.68. The zero-order valence-corrected chi connectivity index (χ0v) is 10.8. The van der Waals surface area contributed by atoms with Gasteiger partial charge in [-0.25, -0.2) is 9.82 Å². The van der Waals surface area contributed by atoms with Gasteiger partial charge in [-0.1, -0.05) is 41.4 Å². The van der Waals surface area contributed by atoms with Crippen LogP contribution in [0.1, 0.15) is 17.2 Å². The van der Waals surface area contributed by atoms with E-state index in [1.807, 2.05) is 0 Å². The van der Waals surface area contributed by atoms with Crippen molar-refractivity contribution in [2.24, 2.45) is 5.84 Å². The van der Waals surface area contributed by atoms with Gasteiger partial charge in [-0.2, -0.15) is 0 Å². The van der Waals surface area contributed by atoms with Gasteiger partial charge in [-0.05, 0) is 29.8 Å². The molecule has 2 rings (SSSR count). The Bertz CT molecular complexity index is 523. The molecule has 5 heteroatoms. The molecule has 0 amide bonds. The predicted molar refractivity (Wildman–Crippen MR) is 72.0 cm³/mol. The predicted octanol–water partition coefficient (Wildman–Crippen LogP) is 3.69. The highest BCUT2D eigenvalue weighted by Gasteiger charge is 2.19. The highest BCUT2D eigenvalue weighted by Crippen LogP contribution is 2.30. The lowest BCUT2D eigenvalue weighted by Crippen LogP contribution is -2.29. The van der Waals surface area contributed by atoms with Crippen LogP contribution >= 0.6 is 23.2 Å². The molecule has 0 saturated heterocycles. The van der Waals surface area contributed by atoms with E-state index in [1.165, 1.54) is 6.07 Å². The van der Waals surface area contributed by atoms with E-state index in [0.717, 1.165) is 5.56 Å². The van der Waals surface area contributed by atoms with E-state index in [1.54, 1.807) is 36.4 Å². The van der Waals surface area contributed by atoms with E-state index in [-0.39, 0.29) is 0 Å². The van der Waals surface area contributed by atoms with Crippen molar-refractivity contribution >= 4 is 23.2 Å². The quantitative estimate of drug-likeness (QED) is 0.666. The minimum absolute atomic E-state index is 0.323. The van der Waals surface area contributed by atoms with Crippen LogP contribution in [0.4, 0.5) is 4.39 Å². The van der Waals surface area contributed by atoms with Crippen molar-refractivity contribution in [2.45, 2.75) is 6.04 Å². The van der Waals surface area contributed by atoms with Gasteiger partial charge in [0.25, 0.3) is 0 Å². The fraction of sp³-hybridized carbons (Fsp3) is 0.0769. The summed E-state index contributed by atoms with van der Waals surface area (Å²) in [4.78, 5) is 0. The van der Waals surface area contributed by atoms with Crippen molar-refractivity contribution in [3.63, 3.8) is 0 Å². The van der Waals surface area contributed by atoms with Crippen LogP contribution in [-0.4, -0.2) is 0 Å². The van der Waals surface area contributed by atoms with Crippen molar-refractivity contribution < 1.29 is 4.39 Å². The molecule has 0 aliphatic carbocycles. The number of rotatable bonds is 3. The maximum Gasteiger partial charge on any atom is 0.129 e. The van der Waals surface area contributed by atoms with Crippen LogP contribution in [0.25, 0.3) is 0 Å². The first-order valence-corrected chi connectivity index (χ1v) is 6.04. The lowest BCUT2D eigenvalue weighted by Gasteiger charge is -2.18. The summed E-state index contributed by atoms with van der Waals surface area (Å²) in [7, 11) is 0. The second-order valence-electron chi connectivity index (χ2n) is 3.79. The first-order chi connectivity index (χ1) is 8.63. The Labute approximate surface area is 114 Å². The van der Waals surface area contributed by atoms with Crippen LogP contribution in [0.15, 0.2) is 42.5 Å². The average Bonchev–Trinajstić information content (AvgIpc) is 2.35. The van der Waals surface area contributed by atoms with Gasteiger partial charge in [0.15, 0.2) is 0 Å². The third-order valence-corrected chi connectivity index (χ3v) is 3.24. The highest BCUT2D eigenvalue weighted by atomic mass is 35.5. The van der Waals surface area contributed by atoms with Crippen molar-refractivity contribution in [1.82, 2.24) is 5.43 Å². The molecule has 0 heterocycles. The van der Waals surface area contributed by atoms with Crippen LogP contribution < -0.4 is 11.3 Å². The smallest absolute Gasteiger partial charge is 0.129 e. The SMILES string of the molecule is NNC(c1ccc(Cl)cc1)c1c(F)cccc1Cl. The van der Waals surface area contributed by atoms with Gasteiger partial charge in [-0.3, -0.25) is 5.84 Å². The van der Waals surface area contributed by atoms with Crippen LogP contribution in [0.2, 0.25) is 10.0 Å². The van der Waals surface area contributed by atoms with Gasteiger partial charge >= 0.3 is 0 Å². The van der Waals surface area contributed by atoms with Crippen molar-refractivity contribution in [2.75, 3.05) is 0 Å². The molecular formula is C13H11Cl2FN2. The van der Waals surface area contributed by atoms with Crippen LogP contribution in [-0.2, 0) is 0 Å². The minimum Gasteiger partial charge on any atom is -0.271 e. The van der Waals surface area contributed by atoms with Crippen molar-refractivity contribution in [3.05, 3.63) is 69.5 Å². The van der Waals surface area contributed by atoms with E-state index in [9.17, 15) is 4.39 Å². The number of halogens is 3. The average molecular weight is 285 g/mol. The summed E-state index contributed by atoms with van der Waals surface area (Å²) in [5, 5.41) is 0.932. The van der Waals surface area contributed by atoms with E-state index < -0.39 is 11.9 Å². The Morgan fingerprint density at radius 1 is 1.06 bits per heavy atom. The lowest BCUT2D eigenvalue weighted by molar-refractivity contribution is 0.560. The third-order valence-electron chi connectivity index (χ3n) is 2.66. The summed E-state index contributed by atoms with van der Waals surface area (Å²) in [6, 6.07) is 11.0. The molecule has 2 nitrogen and oxygen atoms in total. The lowest BCUT2D eigenvalue weighted by atomic mass is 9.99. The Balaban J connectivity index is 2.48. The summed E-state index contributed by atoms with van der Waals surface area (Å²) >= 11 is 11.8. The second-order valence-corrected chi connectivity index (χ2v) is 4.63. The molecule has 2 aromatic rings. The molecule has 94 valence electrons. The molecule has 18 heavy (non-hydrogen) atoms. The monoisotopic (exact) mass is 284 g/mol. The fourth-order valence-corrected chi connectivity index (χ4v) is 2.19. The molecule has 3 N–H and O–H groups in total. The number of benzene rings is 2. The number of nitrogens with two attached hydrogens (primary N) is 1. The van der Waals surface area contributed by atoms with Gasteiger partial charge < -0.3 is 0 Å². The zero-order valence-electron chi connectivity index (χ0n) is 9.33. The maximum absolute atomic E-state index is 13.8. The normalized spacial score (nSPS) is 12.4. The van der Waals surface area contributed by atoms with E-state index in [0.29, 0.717) is 15.6 Å². The number of hydrazine groups is 1. The zero-order chi connectivity index (χ0) is 13.1. The van der Waals surface area contributed by atoms with Crippen molar-refractivity contribution in [3.8, 4) is 0 Å². The Hall–Kier alpha value is -1.13. The molecule has 0 spiro atoms. The van der Waals surface area contributed by atoms with Gasteiger partial charge in [0.05, 0.1) is 6.04 Å². The Morgan fingerprint density at radius 3 is 2.28 bits per heavy atom.